The zero-order valence-electron chi connectivity index (χ0n) is 34.6. The van der Waals surface area contributed by atoms with E-state index in [0.717, 1.165) is 70.9 Å². The van der Waals surface area contributed by atoms with E-state index in [1.807, 2.05) is 0 Å². The summed E-state index contributed by atoms with van der Waals surface area (Å²) in [5, 5.41) is 7.57. The van der Waals surface area contributed by atoms with Crippen molar-refractivity contribution in [3.8, 4) is 0 Å². The van der Waals surface area contributed by atoms with Gasteiger partial charge in [-0.25, -0.2) is 0 Å². The first-order chi connectivity index (χ1) is 25.5. The SMILES string of the molecule is CCCCCCCCCCCCCCCCC(=O)NN(CC(=O)NCCCNCCCCN)NC(=O)CCCCCCCCCCCCCCCC. The van der Waals surface area contributed by atoms with Gasteiger partial charge in [-0.3, -0.25) is 25.2 Å². The standard InChI is InChI=1S/C43H88N6O3/c1-3-5-7-9-11-13-15-17-19-21-23-25-27-29-34-41(50)47-49(40-43(52)46-39-33-38-45-37-32-31-36-44)48-42(51)35-30-28-26-24-22-20-18-16-14-12-10-8-6-4-2/h45H,3-40,44H2,1-2H3,(H,46,52)(H,47,50)(H,48,51). The van der Waals surface area contributed by atoms with Crippen LogP contribution in [0, 0.1) is 0 Å². The van der Waals surface area contributed by atoms with Gasteiger partial charge in [-0.15, -0.1) is 5.12 Å². The molecule has 0 bridgehead atoms. The fourth-order valence-corrected chi connectivity index (χ4v) is 6.64. The van der Waals surface area contributed by atoms with Crippen LogP contribution in [-0.4, -0.2) is 55.6 Å². The number of carbonyl (C=O) groups is 3. The van der Waals surface area contributed by atoms with Crippen molar-refractivity contribution in [3.63, 3.8) is 0 Å². The quantitative estimate of drug-likeness (QED) is 0.0314. The molecule has 0 heterocycles. The number of carbonyl (C=O) groups excluding carboxylic acids is 3. The van der Waals surface area contributed by atoms with E-state index < -0.39 is 0 Å². The van der Waals surface area contributed by atoms with Gasteiger partial charge < -0.3 is 16.4 Å². The predicted octanol–water partition coefficient (Wildman–Crippen LogP) is 9.93. The number of hydrogen-bond donors (Lipinski definition) is 5. The highest BCUT2D eigenvalue weighted by atomic mass is 16.2. The van der Waals surface area contributed by atoms with Gasteiger partial charge in [0.2, 0.25) is 17.7 Å². The maximum absolute atomic E-state index is 12.8. The Morgan fingerprint density at radius 1 is 0.404 bits per heavy atom. The molecule has 0 saturated carbocycles. The van der Waals surface area contributed by atoms with E-state index in [1.54, 1.807) is 0 Å². The minimum Gasteiger partial charge on any atom is -0.355 e. The Hall–Kier alpha value is -1.71. The van der Waals surface area contributed by atoms with Gasteiger partial charge in [-0.05, 0) is 51.7 Å². The van der Waals surface area contributed by atoms with Gasteiger partial charge in [0.1, 0.15) is 6.54 Å². The third-order valence-electron chi connectivity index (χ3n) is 10.00. The first kappa shape index (κ1) is 50.3. The van der Waals surface area contributed by atoms with Crippen LogP contribution in [0.25, 0.3) is 0 Å². The zero-order chi connectivity index (χ0) is 38.0. The molecule has 0 aromatic carbocycles. The largest absolute Gasteiger partial charge is 0.355 e. The van der Waals surface area contributed by atoms with E-state index in [4.69, 9.17) is 5.73 Å². The molecule has 308 valence electrons. The van der Waals surface area contributed by atoms with Gasteiger partial charge >= 0.3 is 0 Å². The molecule has 0 aromatic heterocycles. The second kappa shape index (κ2) is 42.0. The molecule has 6 N–H and O–H groups in total. The molecule has 9 heteroatoms. The van der Waals surface area contributed by atoms with Crippen LogP contribution < -0.4 is 27.2 Å². The van der Waals surface area contributed by atoms with Crippen molar-refractivity contribution in [1.82, 2.24) is 26.6 Å². The lowest BCUT2D eigenvalue weighted by molar-refractivity contribution is -0.136. The molecule has 0 atom stereocenters. The van der Waals surface area contributed by atoms with Gasteiger partial charge in [0.25, 0.3) is 0 Å². The summed E-state index contributed by atoms with van der Waals surface area (Å²) in [6.07, 6.45) is 39.2. The lowest BCUT2D eigenvalue weighted by Gasteiger charge is -2.23. The van der Waals surface area contributed by atoms with Crippen LogP contribution in [0.5, 0.6) is 0 Å². The van der Waals surface area contributed by atoms with Crippen molar-refractivity contribution < 1.29 is 14.4 Å². The van der Waals surface area contributed by atoms with Gasteiger partial charge in [0.05, 0.1) is 0 Å². The molecule has 3 amide bonds. The monoisotopic (exact) mass is 737 g/mol. The zero-order valence-corrected chi connectivity index (χ0v) is 34.6. The molecular formula is C43H88N6O3. The fourth-order valence-electron chi connectivity index (χ4n) is 6.64. The van der Waals surface area contributed by atoms with Crippen LogP contribution in [0.4, 0.5) is 0 Å². The van der Waals surface area contributed by atoms with Crippen LogP contribution >= 0.6 is 0 Å². The smallest absolute Gasteiger partial charge is 0.238 e. The van der Waals surface area contributed by atoms with E-state index in [2.05, 4.69) is 35.3 Å². The highest BCUT2D eigenvalue weighted by molar-refractivity contribution is 5.81. The second-order valence-electron chi connectivity index (χ2n) is 15.3. The normalized spacial score (nSPS) is 11.3. The first-order valence-corrected chi connectivity index (χ1v) is 22.6. The molecule has 52 heavy (non-hydrogen) atoms. The minimum atomic E-state index is -0.225. The molecule has 0 fully saturated rings. The lowest BCUT2D eigenvalue weighted by Crippen LogP contribution is -2.56. The summed E-state index contributed by atoms with van der Waals surface area (Å²) in [6.45, 7) is 7.42. The number of hydrazine groups is 2. The molecule has 0 spiro atoms. The predicted molar refractivity (Wildman–Crippen MR) is 222 cm³/mol. The summed E-state index contributed by atoms with van der Waals surface area (Å²) in [7, 11) is 0. The summed E-state index contributed by atoms with van der Waals surface area (Å²) >= 11 is 0. The molecule has 0 aromatic rings. The Balaban J connectivity index is 4.27. The third-order valence-corrected chi connectivity index (χ3v) is 10.00. The molecule has 0 aliphatic heterocycles. The Morgan fingerprint density at radius 2 is 0.750 bits per heavy atom. The lowest BCUT2D eigenvalue weighted by atomic mass is 10.0. The second-order valence-corrected chi connectivity index (χ2v) is 15.3. The summed E-state index contributed by atoms with van der Waals surface area (Å²) in [5.41, 5.74) is 11.1. The van der Waals surface area contributed by atoms with Crippen molar-refractivity contribution in [2.75, 3.05) is 32.7 Å². The van der Waals surface area contributed by atoms with Crippen molar-refractivity contribution in [1.29, 1.82) is 0 Å². The maximum atomic E-state index is 12.8. The maximum Gasteiger partial charge on any atom is 0.238 e. The van der Waals surface area contributed by atoms with E-state index in [-0.39, 0.29) is 24.3 Å². The molecule has 9 nitrogen and oxygen atoms in total. The highest BCUT2D eigenvalue weighted by Gasteiger charge is 2.16. The van der Waals surface area contributed by atoms with Crippen molar-refractivity contribution in [3.05, 3.63) is 0 Å². The van der Waals surface area contributed by atoms with Crippen molar-refractivity contribution >= 4 is 17.7 Å². The molecule has 0 radical (unpaired) electrons. The summed E-state index contributed by atoms with van der Waals surface area (Å²) in [5.74, 6) is -0.549. The molecule has 0 rings (SSSR count). The van der Waals surface area contributed by atoms with Crippen LogP contribution in [0.3, 0.4) is 0 Å². The Bertz CT molecular complexity index is 738. The molecule has 0 saturated heterocycles. The molecule has 0 unspecified atom stereocenters. The topological polar surface area (TPSA) is 129 Å². The van der Waals surface area contributed by atoms with Crippen LogP contribution in [0.2, 0.25) is 0 Å². The summed E-state index contributed by atoms with van der Waals surface area (Å²) in [4.78, 5) is 38.3. The molecular weight excluding hydrogens is 649 g/mol. The van der Waals surface area contributed by atoms with E-state index in [1.165, 1.54) is 146 Å². The summed E-state index contributed by atoms with van der Waals surface area (Å²) in [6, 6.07) is 0. The molecule has 0 aliphatic carbocycles. The summed E-state index contributed by atoms with van der Waals surface area (Å²) < 4.78 is 0. The highest BCUT2D eigenvalue weighted by Crippen LogP contribution is 2.15. The van der Waals surface area contributed by atoms with Crippen LogP contribution in [-0.2, 0) is 14.4 Å². The van der Waals surface area contributed by atoms with E-state index >= 15 is 0 Å². The average Bonchev–Trinajstić information content (AvgIpc) is 3.13. The van der Waals surface area contributed by atoms with Gasteiger partial charge in [0, 0.05) is 19.4 Å². The number of rotatable bonds is 42. The number of amides is 3. The van der Waals surface area contributed by atoms with Crippen LogP contribution in [0.15, 0.2) is 0 Å². The Labute approximate surface area is 322 Å². The first-order valence-electron chi connectivity index (χ1n) is 22.6. The van der Waals surface area contributed by atoms with Crippen molar-refractivity contribution in [2.24, 2.45) is 5.73 Å². The Morgan fingerprint density at radius 3 is 1.12 bits per heavy atom. The van der Waals surface area contributed by atoms with E-state index in [0.29, 0.717) is 25.9 Å². The number of unbranched alkanes of at least 4 members (excludes halogenated alkanes) is 27. The number of hydrogen-bond acceptors (Lipinski definition) is 6. The Kier molecular flexibility index (Phi) is 40.7. The third kappa shape index (κ3) is 39.5. The fraction of sp³-hybridized carbons (Fsp3) is 0.930. The van der Waals surface area contributed by atoms with Gasteiger partial charge in [-0.1, -0.05) is 181 Å². The number of nitrogens with one attached hydrogen (secondary N) is 4. The number of nitrogens with two attached hydrogens (primary N) is 1. The average molecular weight is 737 g/mol. The number of nitrogens with zero attached hydrogens (tertiary/aromatic N) is 1. The van der Waals surface area contributed by atoms with E-state index in [9.17, 15) is 14.4 Å². The van der Waals surface area contributed by atoms with Crippen LogP contribution in [0.1, 0.15) is 226 Å². The molecule has 0 aliphatic rings. The van der Waals surface area contributed by atoms with Gasteiger partial charge in [-0.2, -0.15) is 0 Å². The minimum absolute atomic E-state index is 0.112. The van der Waals surface area contributed by atoms with Crippen molar-refractivity contribution in [2.45, 2.75) is 226 Å². The van der Waals surface area contributed by atoms with Gasteiger partial charge in [0.15, 0.2) is 0 Å².